The molecule has 0 bridgehead atoms. The molecule has 0 aromatic heterocycles. The summed E-state index contributed by atoms with van der Waals surface area (Å²) in [6.45, 7) is 46.6. The van der Waals surface area contributed by atoms with Gasteiger partial charge in [0.05, 0.1) is 0 Å². The second kappa shape index (κ2) is 40.2. The number of hydrogen-bond donors (Lipinski definition) is 0. The summed E-state index contributed by atoms with van der Waals surface area (Å²) in [4.78, 5) is 0. The van der Waals surface area contributed by atoms with E-state index in [0.717, 1.165) is 19.3 Å². The molecule has 0 spiro atoms. The molecule has 0 saturated heterocycles. The van der Waals surface area contributed by atoms with Crippen molar-refractivity contribution in [2.75, 3.05) is 0 Å². The maximum atomic E-state index is 4.25. The summed E-state index contributed by atoms with van der Waals surface area (Å²) in [7, 11) is 0. The Morgan fingerprint density at radius 2 is 1.11 bits per heavy atom. The van der Waals surface area contributed by atoms with E-state index in [0.29, 0.717) is 11.8 Å². The number of rotatable bonds is 6. The van der Waals surface area contributed by atoms with Gasteiger partial charge in [0.15, 0.2) is 0 Å². The van der Waals surface area contributed by atoms with E-state index in [1.807, 2.05) is 13.8 Å². The Bertz CT molecular complexity index is 942. The summed E-state index contributed by atoms with van der Waals surface area (Å²) in [5.74, 6) is 1.30. The van der Waals surface area contributed by atoms with E-state index in [1.165, 1.54) is 71.1 Å². The number of allylic oxidation sites excluding steroid dienone is 5. The molecule has 46 heavy (non-hydrogen) atoms. The van der Waals surface area contributed by atoms with Gasteiger partial charge in [-0.15, -0.1) is 26.3 Å². The lowest BCUT2D eigenvalue weighted by atomic mass is 9.89. The molecule has 0 fully saturated rings. The molecule has 2 aromatic carbocycles. The average molecular weight is 633 g/mol. The van der Waals surface area contributed by atoms with Crippen LogP contribution in [-0.2, 0) is 6.42 Å². The van der Waals surface area contributed by atoms with Crippen molar-refractivity contribution < 1.29 is 0 Å². The van der Waals surface area contributed by atoms with Gasteiger partial charge in [0, 0.05) is 0 Å². The molecule has 0 radical (unpaired) electrons. The van der Waals surface area contributed by atoms with Gasteiger partial charge in [-0.3, -0.25) is 0 Å². The van der Waals surface area contributed by atoms with Crippen molar-refractivity contribution >= 4 is 0 Å². The Kier molecular flexibility index (Phi) is 46.0. The highest BCUT2D eigenvalue weighted by Crippen LogP contribution is 2.32. The van der Waals surface area contributed by atoms with E-state index in [1.54, 1.807) is 0 Å². The predicted molar refractivity (Wildman–Crippen MR) is 220 cm³/mol. The smallest absolute Gasteiger partial charge is 0.0190 e. The minimum Gasteiger partial charge on any atom is -0.106 e. The third-order valence-corrected chi connectivity index (χ3v) is 7.15. The zero-order valence-electron chi connectivity index (χ0n) is 33.6. The van der Waals surface area contributed by atoms with Crippen molar-refractivity contribution in [2.24, 2.45) is 11.8 Å². The van der Waals surface area contributed by atoms with Crippen LogP contribution < -0.4 is 0 Å². The summed E-state index contributed by atoms with van der Waals surface area (Å²) in [6.07, 6.45) is 14.6. The van der Waals surface area contributed by atoms with Crippen LogP contribution in [0.2, 0.25) is 0 Å². The van der Waals surface area contributed by atoms with Crippen LogP contribution in [-0.4, -0.2) is 0 Å². The largest absolute Gasteiger partial charge is 0.106 e. The summed E-state index contributed by atoms with van der Waals surface area (Å²) in [5.41, 5.74) is 9.81. The minimum atomic E-state index is 0.639. The van der Waals surface area contributed by atoms with Gasteiger partial charge in [0.1, 0.15) is 0 Å². The lowest BCUT2D eigenvalue weighted by molar-refractivity contribution is 0.661. The minimum absolute atomic E-state index is 0.639. The number of hydrogen-bond acceptors (Lipinski definition) is 0. The standard InChI is InChI=1S/C15H24.C9H12.C8H10.2C4H10.C2H6.2C2H4/c1-6-12(4)15-9-8-11(3)10-13(5)14(15)7-2;1-3-9-6-4-8(2)5-7-9;1-7-4-3-5-8(2)6-7;2*1-3-4-2;3*1-2/h8-9,11-12H,5-7,10H2,1-4H3;4-7H,3H2,1-2H3;3-6H,1-2H3;2*3-4H2,1-2H3;1-2H3;2*1-2H2. The molecule has 0 aliphatic heterocycles. The first-order valence-electron chi connectivity index (χ1n) is 18.2. The zero-order valence-corrected chi connectivity index (χ0v) is 33.6. The Hall–Kier alpha value is -2.86. The van der Waals surface area contributed by atoms with E-state index in [4.69, 9.17) is 0 Å². The van der Waals surface area contributed by atoms with Gasteiger partial charge in [-0.2, -0.15) is 0 Å². The fraction of sp³-hybridized carbons (Fsp3) is 0.522. The van der Waals surface area contributed by atoms with E-state index < -0.39 is 0 Å². The van der Waals surface area contributed by atoms with Gasteiger partial charge >= 0.3 is 0 Å². The molecule has 1 aliphatic rings. The van der Waals surface area contributed by atoms with Crippen molar-refractivity contribution in [3.05, 3.63) is 133 Å². The number of aryl methyl sites for hydroxylation is 4. The van der Waals surface area contributed by atoms with Crippen molar-refractivity contribution in [2.45, 2.75) is 148 Å². The van der Waals surface area contributed by atoms with Crippen molar-refractivity contribution in [1.29, 1.82) is 0 Å². The second-order valence-corrected chi connectivity index (χ2v) is 11.2. The van der Waals surface area contributed by atoms with Crippen molar-refractivity contribution in [1.82, 2.24) is 0 Å². The Balaban J connectivity index is -0.000000157. The van der Waals surface area contributed by atoms with Gasteiger partial charge in [0.25, 0.3) is 0 Å². The molecule has 2 aromatic rings. The number of benzene rings is 2. The molecule has 264 valence electrons. The maximum absolute atomic E-state index is 4.25. The van der Waals surface area contributed by atoms with Gasteiger partial charge < -0.3 is 0 Å². The van der Waals surface area contributed by atoms with E-state index >= 15 is 0 Å². The third-order valence-electron chi connectivity index (χ3n) is 7.15. The van der Waals surface area contributed by atoms with Crippen LogP contribution in [0.1, 0.15) is 143 Å². The highest BCUT2D eigenvalue weighted by molar-refractivity contribution is 5.42. The van der Waals surface area contributed by atoms with Crippen LogP contribution in [0.5, 0.6) is 0 Å². The molecule has 0 saturated carbocycles. The Morgan fingerprint density at radius 3 is 1.41 bits per heavy atom. The van der Waals surface area contributed by atoms with Crippen molar-refractivity contribution in [3.8, 4) is 0 Å². The number of unbranched alkanes of at least 4 members (excludes halogenated alkanes) is 2. The fourth-order valence-corrected chi connectivity index (χ4v) is 3.92. The molecule has 0 heteroatoms. The molecule has 0 heterocycles. The lowest BCUT2D eigenvalue weighted by Gasteiger charge is -2.16. The summed E-state index contributed by atoms with van der Waals surface area (Å²) in [5, 5.41) is 0. The van der Waals surface area contributed by atoms with E-state index in [9.17, 15) is 0 Å². The highest BCUT2D eigenvalue weighted by atomic mass is 14.2. The van der Waals surface area contributed by atoms with Gasteiger partial charge in [-0.25, -0.2) is 0 Å². The topological polar surface area (TPSA) is 0 Å². The fourth-order valence-electron chi connectivity index (χ4n) is 3.92. The molecule has 3 rings (SSSR count). The van der Waals surface area contributed by atoms with E-state index in [2.05, 4.69) is 177 Å². The molecule has 0 amide bonds. The van der Waals surface area contributed by atoms with Crippen LogP contribution in [0.3, 0.4) is 0 Å². The average Bonchev–Trinajstić information content (AvgIpc) is 3.24. The normalized spacial score (nSPS) is 13.0. The molecule has 2 atom stereocenters. The van der Waals surface area contributed by atoms with Crippen molar-refractivity contribution in [3.63, 3.8) is 0 Å². The lowest BCUT2D eigenvalue weighted by Crippen LogP contribution is -2.01. The van der Waals surface area contributed by atoms with Gasteiger partial charge in [-0.1, -0.05) is 191 Å². The summed E-state index contributed by atoms with van der Waals surface area (Å²) < 4.78 is 0. The third kappa shape index (κ3) is 31.1. The predicted octanol–water partition coefficient (Wildman–Crippen LogP) is 16.0. The van der Waals surface area contributed by atoms with Crippen LogP contribution in [0, 0.1) is 32.6 Å². The van der Waals surface area contributed by atoms with Crippen LogP contribution in [0.15, 0.2) is 110 Å². The quantitative estimate of drug-likeness (QED) is 0.278. The SMILES string of the molecule is C=C.C=C.C=C1CC(C)C=CC(C(C)CC)=C1CC.CC.CCCC.CCCC.CCc1ccc(C)cc1.Cc1cccc(C)c1. The van der Waals surface area contributed by atoms with Gasteiger partial charge in [0.2, 0.25) is 0 Å². The summed E-state index contributed by atoms with van der Waals surface area (Å²) >= 11 is 0. The zero-order chi connectivity index (χ0) is 36.9. The highest BCUT2D eigenvalue weighted by Gasteiger charge is 2.16. The van der Waals surface area contributed by atoms with Crippen LogP contribution >= 0.6 is 0 Å². The van der Waals surface area contributed by atoms with E-state index in [-0.39, 0.29) is 0 Å². The monoisotopic (exact) mass is 633 g/mol. The molecule has 0 N–H and O–H groups in total. The van der Waals surface area contributed by atoms with Crippen LogP contribution in [0.25, 0.3) is 0 Å². The maximum Gasteiger partial charge on any atom is -0.0190 e. The Morgan fingerprint density at radius 1 is 0.674 bits per heavy atom. The Labute approximate surface area is 291 Å². The first-order chi connectivity index (χ1) is 22.0. The van der Waals surface area contributed by atoms with Crippen LogP contribution in [0.4, 0.5) is 0 Å². The molecule has 1 aliphatic carbocycles. The first kappa shape index (κ1) is 52.7. The summed E-state index contributed by atoms with van der Waals surface area (Å²) in [6, 6.07) is 17.1. The molecular weight excluding hydrogens is 553 g/mol. The first-order valence-corrected chi connectivity index (χ1v) is 18.2. The van der Waals surface area contributed by atoms with Gasteiger partial charge in [-0.05, 0) is 75.0 Å². The second-order valence-electron chi connectivity index (χ2n) is 11.2. The molecule has 0 nitrogen and oxygen atoms in total. The molecule has 2 unspecified atom stereocenters. The molecular formula is C46H80.